The minimum absolute atomic E-state index is 0.0243. The topological polar surface area (TPSA) is 39.2 Å². The largest absolute Gasteiger partial charge is 0.448 e. The summed E-state index contributed by atoms with van der Waals surface area (Å²) in [6.45, 7) is 4.33. The van der Waals surface area contributed by atoms with Crippen LogP contribution in [0.4, 0.5) is 0 Å². The Labute approximate surface area is 83.1 Å². The van der Waals surface area contributed by atoms with Crippen LogP contribution in [0.5, 0.6) is 0 Å². The maximum Gasteiger partial charge on any atom is 0.193 e. The molecule has 3 heteroatoms. The van der Waals surface area contributed by atoms with E-state index in [2.05, 4.69) is 13.8 Å². The van der Waals surface area contributed by atoms with Crippen molar-refractivity contribution in [1.29, 1.82) is 0 Å². The fraction of sp³-hybridized carbons (Fsp3) is 0.600. The summed E-state index contributed by atoms with van der Waals surface area (Å²) < 4.78 is 5.39. The Kier molecular flexibility index (Phi) is 1.93. The molecule has 1 heterocycles. The molecule has 0 fully saturated rings. The van der Waals surface area contributed by atoms with Crippen LogP contribution >= 0.6 is 11.6 Å². The summed E-state index contributed by atoms with van der Waals surface area (Å²) in [6, 6.07) is 1.86. The molecule has 2 nitrogen and oxygen atoms in total. The van der Waals surface area contributed by atoms with E-state index in [1.165, 1.54) is 5.56 Å². The van der Waals surface area contributed by atoms with E-state index in [9.17, 15) is 0 Å². The fourth-order valence-corrected chi connectivity index (χ4v) is 2.05. The van der Waals surface area contributed by atoms with Gasteiger partial charge in [-0.2, -0.15) is 0 Å². The van der Waals surface area contributed by atoms with Crippen LogP contribution in [0.15, 0.2) is 10.5 Å². The third-order valence-electron chi connectivity index (χ3n) is 2.97. The number of halogens is 1. The van der Waals surface area contributed by atoms with Gasteiger partial charge in [0.15, 0.2) is 5.22 Å². The highest BCUT2D eigenvalue weighted by atomic mass is 35.5. The predicted molar refractivity (Wildman–Crippen MR) is 52.7 cm³/mol. The van der Waals surface area contributed by atoms with Gasteiger partial charge in [-0.1, -0.05) is 13.8 Å². The molecule has 0 spiro atoms. The van der Waals surface area contributed by atoms with Crippen LogP contribution in [-0.2, 0) is 6.42 Å². The number of furan rings is 1. The zero-order valence-electron chi connectivity index (χ0n) is 7.93. The van der Waals surface area contributed by atoms with Crippen molar-refractivity contribution in [3.05, 3.63) is 22.6 Å². The highest BCUT2D eigenvalue weighted by Gasteiger charge is 2.36. The zero-order valence-corrected chi connectivity index (χ0v) is 8.69. The second-order valence-electron chi connectivity index (χ2n) is 4.41. The number of hydrogen-bond acceptors (Lipinski definition) is 2. The number of aryl methyl sites for hydroxylation is 1. The average Bonchev–Trinajstić information content (AvgIpc) is 2.40. The van der Waals surface area contributed by atoms with Crippen molar-refractivity contribution in [2.75, 3.05) is 0 Å². The van der Waals surface area contributed by atoms with Gasteiger partial charge in [0, 0.05) is 0 Å². The molecule has 0 aliphatic heterocycles. The van der Waals surface area contributed by atoms with E-state index in [1.807, 2.05) is 6.07 Å². The van der Waals surface area contributed by atoms with Gasteiger partial charge in [0.25, 0.3) is 0 Å². The van der Waals surface area contributed by atoms with E-state index in [0.29, 0.717) is 5.22 Å². The van der Waals surface area contributed by atoms with Crippen molar-refractivity contribution in [1.82, 2.24) is 0 Å². The highest BCUT2D eigenvalue weighted by molar-refractivity contribution is 6.28. The van der Waals surface area contributed by atoms with Crippen LogP contribution in [0.2, 0.25) is 5.22 Å². The second-order valence-corrected chi connectivity index (χ2v) is 4.78. The van der Waals surface area contributed by atoms with Crippen LogP contribution in [0.1, 0.15) is 37.6 Å². The first-order valence-corrected chi connectivity index (χ1v) is 4.92. The first-order valence-electron chi connectivity index (χ1n) is 4.54. The molecule has 13 heavy (non-hydrogen) atoms. The lowest BCUT2D eigenvalue weighted by Crippen LogP contribution is -2.33. The molecule has 0 radical (unpaired) electrons. The minimum Gasteiger partial charge on any atom is -0.448 e. The summed E-state index contributed by atoms with van der Waals surface area (Å²) in [5, 5.41) is 0.457. The molecular weight excluding hydrogens is 186 g/mol. The van der Waals surface area contributed by atoms with Crippen molar-refractivity contribution in [3.63, 3.8) is 0 Å². The summed E-state index contributed by atoms with van der Waals surface area (Å²) >= 11 is 5.79. The van der Waals surface area contributed by atoms with Crippen molar-refractivity contribution < 1.29 is 4.42 Å². The molecule has 1 unspecified atom stereocenters. The number of nitrogens with two attached hydrogens (primary N) is 1. The quantitative estimate of drug-likeness (QED) is 0.698. The number of rotatable bonds is 0. The van der Waals surface area contributed by atoms with E-state index in [0.717, 1.165) is 18.6 Å². The first kappa shape index (κ1) is 9.10. The van der Waals surface area contributed by atoms with E-state index in [-0.39, 0.29) is 11.5 Å². The molecule has 1 aliphatic rings. The zero-order chi connectivity index (χ0) is 9.64. The SMILES string of the molecule is CC1(C)CCc2cc(Cl)oc2C1N. The second kappa shape index (κ2) is 2.76. The maximum absolute atomic E-state index is 6.09. The summed E-state index contributed by atoms with van der Waals surface area (Å²) in [5.74, 6) is 0.876. The van der Waals surface area contributed by atoms with E-state index in [1.54, 1.807) is 0 Å². The summed E-state index contributed by atoms with van der Waals surface area (Å²) in [7, 11) is 0. The molecule has 0 bridgehead atoms. The van der Waals surface area contributed by atoms with Gasteiger partial charge < -0.3 is 10.2 Å². The molecule has 0 aromatic carbocycles. The van der Waals surface area contributed by atoms with Crippen molar-refractivity contribution in [3.8, 4) is 0 Å². The molecule has 1 aromatic heterocycles. The maximum atomic E-state index is 6.09. The van der Waals surface area contributed by atoms with Crippen LogP contribution in [0.3, 0.4) is 0 Å². The van der Waals surface area contributed by atoms with Gasteiger partial charge in [0.2, 0.25) is 0 Å². The Morgan fingerprint density at radius 3 is 3.00 bits per heavy atom. The molecule has 1 aromatic rings. The molecular formula is C10H14ClNO. The smallest absolute Gasteiger partial charge is 0.193 e. The lowest BCUT2D eigenvalue weighted by atomic mass is 9.74. The highest BCUT2D eigenvalue weighted by Crippen LogP contribution is 2.43. The summed E-state index contributed by atoms with van der Waals surface area (Å²) in [4.78, 5) is 0. The summed E-state index contributed by atoms with van der Waals surface area (Å²) in [6.07, 6.45) is 2.11. The van der Waals surface area contributed by atoms with Gasteiger partial charge in [-0.3, -0.25) is 0 Å². The Bertz CT molecular complexity index is 330. The fourth-order valence-electron chi connectivity index (χ4n) is 1.83. The molecule has 1 atom stereocenters. The van der Waals surface area contributed by atoms with Crippen LogP contribution in [-0.4, -0.2) is 0 Å². The third kappa shape index (κ3) is 1.38. The van der Waals surface area contributed by atoms with Gasteiger partial charge in [-0.05, 0) is 41.5 Å². The van der Waals surface area contributed by atoms with E-state index >= 15 is 0 Å². The number of hydrogen-bond donors (Lipinski definition) is 1. The van der Waals surface area contributed by atoms with Crippen molar-refractivity contribution >= 4 is 11.6 Å². The van der Waals surface area contributed by atoms with Gasteiger partial charge in [0.1, 0.15) is 5.76 Å². The minimum atomic E-state index is -0.0243. The Morgan fingerprint density at radius 2 is 2.31 bits per heavy atom. The van der Waals surface area contributed by atoms with Gasteiger partial charge in [-0.15, -0.1) is 0 Å². The lowest BCUT2D eigenvalue weighted by molar-refractivity contribution is 0.218. The van der Waals surface area contributed by atoms with Crippen molar-refractivity contribution in [2.45, 2.75) is 32.7 Å². The third-order valence-corrected chi connectivity index (χ3v) is 3.16. The molecule has 1 aliphatic carbocycles. The normalized spacial score (nSPS) is 25.7. The molecule has 0 saturated heterocycles. The Morgan fingerprint density at radius 1 is 1.62 bits per heavy atom. The van der Waals surface area contributed by atoms with Crippen LogP contribution < -0.4 is 5.73 Å². The molecule has 0 amide bonds. The van der Waals surface area contributed by atoms with E-state index in [4.69, 9.17) is 21.8 Å². The first-order chi connectivity index (χ1) is 6.00. The lowest BCUT2D eigenvalue weighted by Gasteiger charge is -2.34. The molecule has 72 valence electrons. The molecule has 0 saturated carbocycles. The monoisotopic (exact) mass is 199 g/mol. The van der Waals surface area contributed by atoms with Gasteiger partial charge in [-0.25, -0.2) is 0 Å². The Hall–Kier alpha value is -0.470. The van der Waals surface area contributed by atoms with Crippen LogP contribution in [0, 0.1) is 5.41 Å². The standard InChI is InChI=1S/C10H14ClNO/c1-10(2)4-3-6-5-7(11)13-8(6)9(10)12/h5,9H,3-4,12H2,1-2H3. The average molecular weight is 200 g/mol. The predicted octanol–water partition coefficient (Wildman–Crippen LogP) is 2.91. The van der Waals surface area contributed by atoms with E-state index < -0.39 is 0 Å². The van der Waals surface area contributed by atoms with Crippen LogP contribution in [0.25, 0.3) is 0 Å². The molecule has 2 N–H and O–H groups in total. The Balaban J connectivity index is 2.44. The number of fused-ring (bicyclic) bond motifs is 1. The van der Waals surface area contributed by atoms with Gasteiger partial charge >= 0.3 is 0 Å². The van der Waals surface area contributed by atoms with Gasteiger partial charge in [0.05, 0.1) is 6.04 Å². The summed E-state index contributed by atoms with van der Waals surface area (Å²) in [5.41, 5.74) is 7.38. The van der Waals surface area contributed by atoms with Crippen molar-refractivity contribution in [2.24, 2.45) is 11.1 Å². The molecule has 2 rings (SSSR count).